The minimum Gasteiger partial charge on any atom is -0.467 e. The summed E-state index contributed by atoms with van der Waals surface area (Å²) >= 11 is 0. The fourth-order valence-electron chi connectivity index (χ4n) is 3.81. The molecule has 6 nitrogen and oxygen atoms in total. The lowest BCUT2D eigenvalue weighted by Gasteiger charge is -2.29. The van der Waals surface area contributed by atoms with Gasteiger partial charge in [-0.1, -0.05) is 37.3 Å². The van der Waals surface area contributed by atoms with Gasteiger partial charge < -0.3 is 20.0 Å². The van der Waals surface area contributed by atoms with Crippen molar-refractivity contribution >= 4 is 23.2 Å². The second-order valence-electron chi connectivity index (χ2n) is 7.32. The van der Waals surface area contributed by atoms with Crippen LogP contribution in [0.15, 0.2) is 71.3 Å². The van der Waals surface area contributed by atoms with Gasteiger partial charge in [-0.2, -0.15) is 0 Å². The normalized spacial score (nSPS) is 13.6. The Morgan fingerprint density at radius 1 is 1.03 bits per heavy atom. The Labute approximate surface area is 175 Å². The Balaban J connectivity index is 1.42. The van der Waals surface area contributed by atoms with Gasteiger partial charge in [0.2, 0.25) is 0 Å². The number of anilines is 2. The van der Waals surface area contributed by atoms with Crippen LogP contribution in [0.2, 0.25) is 0 Å². The van der Waals surface area contributed by atoms with Gasteiger partial charge in [-0.3, -0.25) is 9.59 Å². The van der Waals surface area contributed by atoms with Gasteiger partial charge in [0.05, 0.1) is 6.26 Å². The zero-order chi connectivity index (χ0) is 20.9. The summed E-state index contributed by atoms with van der Waals surface area (Å²) in [7, 11) is 0. The van der Waals surface area contributed by atoms with Crippen molar-refractivity contribution in [1.29, 1.82) is 0 Å². The number of hydrogen-bond acceptors (Lipinski definition) is 4. The van der Waals surface area contributed by atoms with E-state index >= 15 is 0 Å². The highest BCUT2D eigenvalue weighted by atomic mass is 16.3. The lowest BCUT2D eigenvalue weighted by Crippen LogP contribution is -2.41. The number of rotatable bonds is 6. The minimum atomic E-state index is -0.681. The van der Waals surface area contributed by atoms with Crippen LogP contribution >= 0.6 is 0 Å². The van der Waals surface area contributed by atoms with Gasteiger partial charge in [-0.15, -0.1) is 0 Å². The summed E-state index contributed by atoms with van der Waals surface area (Å²) < 4.78 is 5.64. The van der Waals surface area contributed by atoms with Gasteiger partial charge in [0.25, 0.3) is 0 Å². The maximum Gasteiger partial charge on any atom is 0.313 e. The molecule has 2 N–H and O–H groups in total. The molecular formula is C24H25N3O3. The number of fused-ring (bicyclic) bond motifs is 1. The van der Waals surface area contributed by atoms with Gasteiger partial charge in [0.15, 0.2) is 0 Å². The highest BCUT2D eigenvalue weighted by molar-refractivity contribution is 6.39. The predicted octanol–water partition coefficient (Wildman–Crippen LogP) is 3.70. The van der Waals surface area contributed by atoms with Crippen LogP contribution in [0.3, 0.4) is 0 Å². The molecule has 0 unspecified atom stereocenters. The van der Waals surface area contributed by atoms with Crippen LogP contribution in [-0.2, 0) is 22.4 Å². The van der Waals surface area contributed by atoms with Crippen molar-refractivity contribution in [3.8, 4) is 0 Å². The summed E-state index contributed by atoms with van der Waals surface area (Å²) in [5, 5.41) is 5.42. The van der Waals surface area contributed by atoms with E-state index in [0.717, 1.165) is 30.8 Å². The maximum absolute atomic E-state index is 12.4. The number of carbonyl (C=O) groups excluding carboxylic acids is 2. The van der Waals surface area contributed by atoms with Crippen LogP contribution in [0.4, 0.5) is 11.4 Å². The average molecular weight is 403 g/mol. The molecule has 0 fully saturated rings. The van der Waals surface area contributed by atoms with Gasteiger partial charge >= 0.3 is 11.8 Å². The van der Waals surface area contributed by atoms with Crippen molar-refractivity contribution < 1.29 is 14.0 Å². The minimum absolute atomic E-state index is 0.191. The Morgan fingerprint density at radius 2 is 1.83 bits per heavy atom. The van der Waals surface area contributed by atoms with Gasteiger partial charge in [0, 0.05) is 24.5 Å². The molecule has 0 saturated heterocycles. The molecule has 0 bridgehead atoms. The second-order valence-corrected chi connectivity index (χ2v) is 7.32. The fourth-order valence-corrected chi connectivity index (χ4v) is 3.81. The van der Waals surface area contributed by atoms with E-state index in [2.05, 4.69) is 34.6 Å². The van der Waals surface area contributed by atoms with E-state index in [9.17, 15) is 9.59 Å². The van der Waals surface area contributed by atoms with Crippen LogP contribution in [0.5, 0.6) is 0 Å². The van der Waals surface area contributed by atoms with Crippen molar-refractivity contribution in [3.63, 3.8) is 0 Å². The number of para-hydroxylation sites is 1. The molecule has 3 aromatic rings. The molecule has 0 spiro atoms. The van der Waals surface area contributed by atoms with Crippen LogP contribution in [-0.4, -0.2) is 24.9 Å². The summed E-state index contributed by atoms with van der Waals surface area (Å²) in [4.78, 5) is 27.0. The molecule has 0 aliphatic carbocycles. The second kappa shape index (κ2) is 8.86. The maximum atomic E-state index is 12.4. The molecular weight excluding hydrogens is 378 g/mol. The first-order chi connectivity index (χ1) is 14.7. The van der Waals surface area contributed by atoms with Gasteiger partial charge in [0.1, 0.15) is 11.8 Å². The highest BCUT2D eigenvalue weighted by Crippen LogP contribution is 2.34. The molecule has 1 atom stereocenters. The first-order valence-electron chi connectivity index (χ1n) is 10.2. The summed E-state index contributed by atoms with van der Waals surface area (Å²) in [5.41, 5.74) is 4.18. The van der Waals surface area contributed by atoms with Crippen LogP contribution < -0.4 is 15.5 Å². The number of nitrogens with zero attached hydrogens (tertiary/aromatic N) is 1. The monoisotopic (exact) mass is 403 g/mol. The van der Waals surface area contributed by atoms with E-state index in [4.69, 9.17) is 4.42 Å². The third-order valence-corrected chi connectivity index (χ3v) is 5.45. The van der Waals surface area contributed by atoms with Crippen molar-refractivity contribution in [2.75, 3.05) is 23.3 Å². The van der Waals surface area contributed by atoms with Gasteiger partial charge in [-0.25, -0.2) is 0 Å². The van der Waals surface area contributed by atoms with E-state index in [1.54, 1.807) is 18.4 Å². The Kier molecular flexibility index (Phi) is 5.84. The Morgan fingerprint density at radius 3 is 2.57 bits per heavy atom. The summed E-state index contributed by atoms with van der Waals surface area (Å²) in [5.74, 6) is -0.597. The largest absolute Gasteiger partial charge is 0.467 e. The number of hydrogen-bond donors (Lipinski definition) is 2. The van der Waals surface area contributed by atoms with Crippen LogP contribution in [0.25, 0.3) is 0 Å². The summed E-state index contributed by atoms with van der Waals surface area (Å²) in [6, 6.07) is 19.2. The highest BCUT2D eigenvalue weighted by Gasteiger charge is 2.29. The molecule has 1 aliphatic rings. The molecule has 4 rings (SSSR count). The van der Waals surface area contributed by atoms with E-state index < -0.39 is 11.8 Å². The zero-order valence-electron chi connectivity index (χ0n) is 16.9. The smallest absolute Gasteiger partial charge is 0.313 e. The van der Waals surface area contributed by atoms with Crippen molar-refractivity contribution in [1.82, 2.24) is 5.32 Å². The molecule has 0 saturated carbocycles. The molecule has 154 valence electrons. The number of nitrogens with one attached hydrogen (secondary N) is 2. The van der Waals surface area contributed by atoms with Crippen molar-refractivity contribution in [2.24, 2.45) is 0 Å². The standard InChI is InChI=1S/C24H25N3O3/c1-2-17-9-11-19(12-10-17)26-24(29)23(28)25-16-21(22-8-5-15-30-22)27-14-13-18-6-3-4-7-20(18)27/h3-12,15,21H,2,13-14,16H2,1H3,(H,25,28)(H,26,29)/t21-/m0/s1. The van der Waals surface area contributed by atoms with E-state index in [1.807, 2.05) is 36.4 Å². The molecule has 2 aromatic carbocycles. The molecule has 30 heavy (non-hydrogen) atoms. The molecule has 2 heterocycles. The number of carbonyl (C=O) groups is 2. The quantitative estimate of drug-likeness (QED) is 0.616. The topological polar surface area (TPSA) is 74.6 Å². The lowest BCUT2D eigenvalue weighted by atomic mass is 10.1. The third kappa shape index (κ3) is 4.22. The molecule has 1 aromatic heterocycles. The Bertz CT molecular complexity index is 1010. The molecule has 1 aliphatic heterocycles. The number of aryl methyl sites for hydroxylation is 1. The fraction of sp³-hybridized carbons (Fsp3) is 0.250. The van der Waals surface area contributed by atoms with E-state index in [1.165, 1.54) is 11.1 Å². The van der Waals surface area contributed by atoms with Crippen LogP contribution in [0.1, 0.15) is 29.9 Å². The predicted molar refractivity (Wildman–Crippen MR) is 116 cm³/mol. The SMILES string of the molecule is CCc1ccc(NC(=O)C(=O)NC[C@@H](c2ccco2)N2CCc3ccccc32)cc1. The Hall–Kier alpha value is -3.54. The van der Waals surface area contributed by atoms with Crippen molar-refractivity contribution in [3.05, 3.63) is 83.8 Å². The lowest BCUT2D eigenvalue weighted by molar-refractivity contribution is -0.136. The molecule has 0 radical (unpaired) electrons. The van der Waals surface area contributed by atoms with Gasteiger partial charge in [-0.05, 0) is 54.3 Å². The zero-order valence-corrected chi connectivity index (χ0v) is 16.9. The number of furan rings is 1. The third-order valence-electron chi connectivity index (χ3n) is 5.45. The van der Waals surface area contributed by atoms with Crippen molar-refractivity contribution in [2.45, 2.75) is 25.8 Å². The summed E-state index contributed by atoms with van der Waals surface area (Å²) in [6.45, 7) is 3.16. The summed E-state index contributed by atoms with van der Waals surface area (Å²) in [6.07, 6.45) is 3.48. The first-order valence-corrected chi connectivity index (χ1v) is 10.2. The average Bonchev–Trinajstić information content (AvgIpc) is 3.45. The van der Waals surface area contributed by atoms with E-state index in [0.29, 0.717) is 5.69 Å². The van der Waals surface area contributed by atoms with E-state index in [-0.39, 0.29) is 12.6 Å². The molecule has 6 heteroatoms. The molecule has 2 amide bonds. The number of amides is 2. The van der Waals surface area contributed by atoms with Crippen LogP contribution in [0, 0.1) is 0 Å². The first kappa shape index (κ1) is 19.8. The number of benzene rings is 2.